The molecule has 0 amide bonds. The Balaban J connectivity index is 1.59. The quantitative estimate of drug-likeness (QED) is 0.891. The van der Waals surface area contributed by atoms with Crippen LogP contribution in [0.2, 0.25) is 0 Å². The van der Waals surface area contributed by atoms with E-state index in [0.29, 0.717) is 12.0 Å². The van der Waals surface area contributed by atoms with Crippen LogP contribution in [-0.4, -0.2) is 49.2 Å². The zero-order valence-electron chi connectivity index (χ0n) is 12.1. The number of hydrogen-bond acceptors (Lipinski definition) is 5. The number of anilines is 1. The van der Waals surface area contributed by atoms with E-state index < -0.39 is 0 Å². The number of thiazole rings is 1. The largest absolute Gasteiger partial charge is 0.346 e. The van der Waals surface area contributed by atoms with Gasteiger partial charge < -0.3 is 15.1 Å². The molecule has 2 fully saturated rings. The van der Waals surface area contributed by atoms with Crippen molar-refractivity contribution in [3.05, 3.63) is 11.1 Å². The molecule has 3 rings (SSSR count). The predicted molar refractivity (Wildman–Crippen MR) is 80.8 cm³/mol. The highest BCUT2D eigenvalue weighted by Gasteiger charge is 2.32. The van der Waals surface area contributed by atoms with Gasteiger partial charge in [0.2, 0.25) is 0 Å². The van der Waals surface area contributed by atoms with Gasteiger partial charge in [0.15, 0.2) is 5.13 Å². The Bertz CT molecular complexity index is 427. The Morgan fingerprint density at radius 3 is 2.84 bits per heavy atom. The van der Waals surface area contributed by atoms with E-state index in [1.807, 2.05) is 0 Å². The van der Waals surface area contributed by atoms with Crippen LogP contribution in [0, 0.1) is 5.92 Å². The zero-order valence-corrected chi connectivity index (χ0v) is 12.9. The summed E-state index contributed by atoms with van der Waals surface area (Å²) in [5.41, 5.74) is 1.20. The predicted octanol–water partition coefficient (Wildman–Crippen LogP) is 1.78. The maximum Gasteiger partial charge on any atom is 0.185 e. The fraction of sp³-hybridized carbons (Fsp3) is 0.786. The lowest BCUT2D eigenvalue weighted by molar-refractivity contribution is 0.266. The van der Waals surface area contributed by atoms with Crippen LogP contribution in [0.15, 0.2) is 5.38 Å². The van der Waals surface area contributed by atoms with Crippen LogP contribution in [0.3, 0.4) is 0 Å². The highest BCUT2D eigenvalue weighted by molar-refractivity contribution is 7.13. The molecular weight excluding hydrogens is 256 g/mol. The molecule has 1 aliphatic heterocycles. The third-order valence-corrected chi connectivity index (χ3v) is 5.15. The molecule has 0 bridgehead atoms. The van der Waals surface area contributed by atoms with Gasteiger partial charge in [0, 0.05) is 37.1 Å². The zero-order chi connectivity index (χ0) is 13.4. The average Bonchev–Trinajstić information content (AvgIpc) is 2.93. The van der Waals surface area contributed by atoms with Gasteiger partial charge in [-0.2, -0.15) is 0 Å². The van der Waals surface area contributed by atoms with E-state index in [9.17, 15) is 0 Å². The third-order valence-electron chi connectivity index (χ3n) is 4.20. The molecule has 2 aliphatic rings. The topological polar surface area (TPSA) is 31.4 Å². The van der Waals surface area contributed by atoms with E-state index in [1.54, 1.807) is 11.3 Å². The molecule has 0 radical (unpaired) electrons. The Hall–Kier alpha value is -0.650. The second kappa shape index (κ2) is 5.38. The number of nitrogens with one attached hydrogen (secondary N) is 1. The molecule has 2 unspecified atom stereocenters. The summed E-state index contributed by atoms with van der Waals surface area (Å²) in [6, 6.07) is 1.41. The molecule has 1 aromatic rings. The van der Waals surface area contributed by atoms with Crippen LogP contribution in [-0.2, 0) is 6.54 Å². The number of aromatic nitrogens is 1. The highest BCUT2D eigenvalue weighted by atomic mass is 32.1. The van der Waals surface area contributed by atoms with Crippen molar-refractivity contribution in [2.75, 3.05) is 32.1 Å². The molecule has 1 saturated heterocycles. The molecule has 1 aromatic heterocycles. The molecular formula is C14H24N4S. The first-order chi connectivity index (χ1) is 9.13. The van der Waals surface area contributed by atoms with E-state index in [1.165, 1.54) is 23.7 Å². The van der Waals surface area contributed by atoms with Crippen molar-refractivity contribution in [2.24, 2.45) is 5.92 Å². The van der Waals surface area contributed by atoms with Crippen molar-refractivity contribution in [1.29, 1.82) is 0 Å². The number of likely N-dealkylation sites (N-methyl/N-ethyl adjacent to an activating group) is 1. The summed E-state index contributed by atoms with van der Waals surface area (Å²) >= 11 is 1.79. The van der Waals surface area contributed by atoms with Gasteiger partial charge in [-0.1, -0.05) is 6.92 Å². The smallest absolute Gasteiger partial charge is 0.185 e. The molecule has 106 valence electrons. The maximum atomic E-state index is 4.78. The first-order valence-corrected chi connectivity index (χ1v) is 8.10. The molecule has 19 heavy (non-hydrogen) atoms. The summed E-state index contributed by atoms with van der Waals surface area (Å²) in [6.45, 7) is 5.51. The lowest BCUT2D eigenvalue weighted by Gasteiger charge is -2.22. The fourth-order valence-corrected chi connectivity index (χ4v) is 3.68. The molecule has 5 heteroatoms. The standard InChI is InChI=1S/C14H24N4S/c1-10-7-18(8-13(10)17(2)3)14-16-12(9-19-14)6-15-11-4-5-11/h9-11,13,15H,4-8H2,1-3H3. The molecule has 0 aromatic carbocycles. The second-order valence-corrected chi connectivity index (χ2v) is 7.03. The molecule has 0 spiro atoms. The van der Waals surface area contributed by atoms with E-state index >= 15 is 0 Å². The summed E-state index contributed by atoms with van der Waals surface area (Å²) in [5, 5.41) is 6.93. The Kier molecular flexibility index (Phi) is 3.78. The van der Waals surface area contributed by atoms with Gasteiger partial charge in [0.05, 0.1) is 5.69 Å². The van der Waals surface area contributed by atoms with Crippen molar-refractivity contribution in [3.8, 4) is 0 Å². The summed E-state index contributed by atoms with van der Waals surface area (Å²) < 4.78 is 0. The van der Waals surface area contributed by atoms with E-state index in [0.717, 1.165) is 25.7 Å². The normalized spacial score (nSPS) is 27.5. The van der Waals surface area contributed by atoms with Gasteiger partial charge in [-0.25, -0.2) is 4.98 Å². The van der Waals surface area contributed by atoms with Gasteiger partial charge in [0.25, 0.3) is 0 Å². The lowest BCUT2D eigenvalue weighted by Crippen LogP contribution is -2.34. The van der Waals surface area contributed by atoms with Crippen molar-refractivity contribution < 1.29 is 0 Å². The molecule has 4 nitrogen and oxygen atoms in total. The van der Waals surface area contributed by atoms with E-state index in [2.05, 4.69) is 41.5 Å². The van der Waals surface area contributed by atoms with Gasteiger partial charge >= 0.3 is 0 Å². The van der Waals surface area contributed by atoms with Gasteiger partial charge in [-0.05, 0) is 32.9 Å². The van der Waals surface area contributed by atoms with Crippen molar-refractivity contribution >= 4 is 16.5 Å². The SMILES string of the molecule is CC1CN(c2nc(CNC3CC3)cs2)CC1N(C)C. The molecule has 1 aliphatic carbocycles. The van der Waals surface area contributed by atoms with Crippen molar-refractivity contribution in [3.63, 3.8) is 0 Å². The van der Waals surface area contributed by atoms with E-state index in [4.69, 9.17) is 4.98 Å². The minimum atomic E-state index is 0.650. The van der Waals surface area contributed by atoms with Crippen LogP contribution in [0.5, 0.6) is 0 Å². The number of rotatable bonds is 5. The van der Waals surface area contributed by atoms with E-state index in [-0.39, 0.29) is 0 Å². The second-order valence-electron chi connectivity index (χ2n) is 6.19. The van der Waals surface area contributed by atoms with Crippen LogP contribution < -0.4 is 10.2 Å². The first kappa shape index (κ1) is 13.3. The lowest BCUT2D eigenvalue weighted by atomic mass is 10.1. The number of nitrogens with zero attached hydrogens (tertiary/aromatic N) is 3. The summed E-state index contributed by atoms with van der Waals surface area (Å²) in [7, 11) is 4.36. The van der Waals surface area contributed by atoms with Crippen molar-refractivity contribution in [2.45, 2.75) is 38.4 Å². The summed E-state index contributed by atoms with van der Waals surface area (Å²) in [4.78, 5) is 9.57. The van der Waals surface area contributed by atoms with Crippen LogP contribution in [0.4, 0.5) is 5.13 Å². The van der Waals surface area contributed by atoms with Gasteiger partial charge in [-0.3, -0.25) is 0 Å². The van der Waals surface area contributed by atoms with Crippen molar-refractivity contribution in [1.82, 2.24) is 15.2 Å². The monoisotopic (exact) mass is 280 g/mol. The van der Waals surface area contributed by atoms with Crippen LogP contribution >= 0.6 is 11.3 Å². The van der Waals surface area contributed by atoms with Gasteiger partial charge in [0.1, 0.15) is 0 Å². The summed E-state index contributed by atoms with van der Waals surface area (Å²) in [6.07, 6.45) is 2.68. The minimum Gasteiger partial charge on any atom is -0.346 e. The highest BCUT2D eigenvalue weighted by Crippen LogP contribution is 2.29. The molecule has 1 N–H and O–H groups in total. The Labute approximate surface area is 119 Å². The summed E-state index contributed by atoms with van der Waals surface area (Å²) in [5.74, 6) is 0.715. The number of hydrogen-bond donors (Lipinski definition) is 1. The van der Waals surface area contributed by atoms with Crippen LogP contribution in [0.1, 0.15) is 25.5 Å². The minimum absolute atomic E-state index is 0.650. The molecule has 2 heterocycles. The maximum absolute atomic E-state index is 4.78. The van der Waals surface area contributed by atoms with Crippen LogP contribution in [0.25, 0.3) is 0 Å². The van der Waals surface area contributed by atoms with Gasteiger partial charge in [-0.15, -0.1) is 11.3 Å². The third kappa shape index (κ3) is 3.09. The Morgan fingerprint density at radius 2 is 2.21 bits per heavy atom. The Morgan fingerprint density at radius 1 is 1.42 bits per heavy atom. The fourth-order valence-electron chi connectivity index (χ4n) is 2.84. The molecule has 2 atom stereocenters. The average molecular weight is 280 g/mol. The first-order valence-electron chi connectivity index (χ1n) is 7.22. The molecule has 1 saturated carbocycles.